The normalized spacial score (nSPS) is 9.94. The number of methoxy groups -OCH3 is 1. The van der Waals surface area contributed by atoms with E-state index in [9.17, 15) is 4.79 Å². The molecule has 2 aromatic rings. The van der Waals surface area contributed by atoms with E-state index in [2.05, 4.69) is 9.72 Å². The topological polar surface area (TPSA) is 40.4 Å². The average molecular weight is 228 g/mol. The van der Waals surface area contributed by atoms with Gasteiger partial charge in [-0.2, -0.15) is 0 Å². The molecular weight excluding hydrogens is 214 g/mol. The summed E-state index contributed by atoms with van der Waals surface area (Å²) >= 11 is 0. The highest BCUT2D eigenvalue weighted by molar-refractivity contribution is 5.89. The van der Waals surface area contributed by atoms with Crippen molar-refractivity contribution in [1.82, 2.24) is 0 Å². The van der Waals surface area contributed by atoms with E-state index in [-0.39, 0.29) is 5.97 Å². The molecule has 1 N–H and O–H groups in total. The Kier molecular flexibility index (Phi) is 3.50. The van der Waals surface area contributed by atoms with E-state index in [4.69, 9.17) is 0 Å². The molecule has 3 nitrogen and oxygen atoms in total. The van der Waals surface area contributed by atoms with Crippen molar-refractivity contribution in [3.8, 4) is 0 Å². The number of esters is 1. The Balaban J connectivity index is 2.11. The number of nitrogens with one attached hydrogen (secondary N) is 1. The summed E-state index contributed by atoms with van der Waals surface area (Å²) in [5.41, 5.74) is 2.87. The third-order valence-electron chi connectivity index (χ3n) is 2.54. The lowest BCUT2D eigenvalue weighted by molar-refractivity contribution is -0.389. The largest absolute Gasteiger partial charge is 0.465 e. The van der Waals surface area contributed by atoms with Crippen molar-refractivity contribution < 1.29 is 14.5 Å². The molecule has 1 aromatic heterocycles. The van der Waals surface area contributed by atoms with Gasteiger partial charge in [-0.15, -0.1) is 0 Å². The van der Waals surface area contributed by atoms with Crippen molar-refractivity contribution in [2.75, 3.05) is 7.11 Å². The quantitative estimate of drug-likeness (QED) is 0.752. The Morgan fingerprint density at radius 3 is 2.53 bits per heavy atom. The van der Waals surface area contributed by atoms with E-state index in [0.717, 1.165) is 17.7 Å². The molecule has 0 saturated heterocycles. The van der Waals surface area contributed by atoms with Gasteiger partial charge >= 0.3 is 5.97 Å². The molecule has 0 amide bonds. The van der Waals surface area contributed by atoms with E-state index in [1.807, 2.05) is 36.5 Å². The smallest absolute Gasteiger partial charge is 0.337 e. The zero-order chi connectivity index (χ0) is 12.1. The van der Waals surface area contributed by atoms with Gasteiger partial charge in [0.2, 0.25) is 0 Å². The minimum Gasteiger partial charge on any atom is -0.465 e. The number of hydrogen-bond donors (Lipinski definition) is 0. The van der Waals surface area contributed by atoms with E-state index in [0.29, 0.717) is 5.56 Å². The van der Waals surface area contributed by atoms with Gasteiger partial charge in [0.15, 0.2) is 11.9 Å². The van der Waals surface area contributed by atoms with Crippen molar-refractivity contribution in [3.05, 3.63) is 65.5 Å². The lowest BCUT2D eigenvalue weighted by Gasteiger charge is -2.00. The fraction of sp³-hybridized carbons (Fsp3) is 0.143. The molecule has 0 bridgehead atoms. The molecule has 0 radical (unpaired) electrons. The zero-order valence-corrected chi connectivity index (χ0v) is 9.64. The van der Waals surface area contributed by atoms with Crippen LogP contribution in [0, 0.1) is 0 Å². The molecule has 0 atom stereocenters. The summed E-state index contributed by atoms with van der Waals surface area (Å²) in [4.78, 5) is 14.4. The second-order valence-corrected chi connectivity index (χ2v) is 3.75. The SMILES string of the molecule is COC(=O)c1ccc(Cc2cccc[nH+]2)cc1. The van der Waals surface area contributed by atoms with Crippen molar-refractivity contribution in [3.63, 3.8) is 0 Å². The van der Waals surface area contributed by atoms with E-state index < -0.39 is 0 Å². The van der Waals surface area contributed by atoms with Crippen LogP contribution >= 0.6 is 0 Å². The number of pyridine rings is 1. The molecule has 86 valence electrons. The summed E-state index contributed by atoms with van der Waals surface area (Å²) in [6, 6.07) is 13.4. The molecular formula is C14H14NO2+. The van der Waals surface area contributed by atoms with Crippen molar-refractivity contribution >= 4 is 5.97 Å². The number of aromatic nitrogens is 1. The summed E-state index contributed by atoms with van der Waals surface area (Å²) in [5, 5.41) is 0. The van der Waals surface area contributed by atoms with E-state index in [1.165, 1.54) is 7.11 Å². The fourth-order valence-corrected chi connectivity index (χ4v) is 1.64. The summed E-state index contributed by atoms with van der Waals surface area (Å²) in [7, 11) is 1.38. The summed E-state index contributed by atoms with van der Waals surface area (Å²) in [6.07, 6.45) is 2.72. The van der Waals surface area contributed by atoms with Crippen LogP contribution in [0.4, 0.5) is 0 Å². The van der Waals surface area contributed by atoms with Crippen LogP contribution in [0.5, 0.6) is 0 Å². The number of carbonyl (C=O) groups is 1. The summed E-state index contributed by atoms with van der Waals surface area (Å²) < 4.78 is 4.65. The lowest BCUT2D eigenvalue weighted by Crippen LogP contribution is -2.09. The first-order valence-corrected chi connectivity index (χ1v) is 5.42. The Hall–Kier alpha value is -2.16. The molecule has 1 aromatic carbocycles. The Morgan fingerprint density at radius 1 is 1.18 bits per heavy atom. The van der Waals surface area contributed by atoms with Crippen LogP contribution < -0.4 is 4.98 Å². The Bertz CT molecular complexity index is 491. The van der Waals surface area contributed by atoms with Gasteiger partial charge in [-0.3, -0.25) is 0 Å². The molecule has 1 heterocycles. The first kappa shape index (κ1) is 11.3. The number of carbonyl (C=O) groups excluding carboxylic acids is 1. The van der Waals surface area contributed by atoms with Crippen LogP contribution in [0.3, 0.4) is 0 Å². The molecule has 0 aliphatic rings. The number of rotatable bonds is 3. The molecule has 0 saturated carbocycles. The monoisotopic (exact) mass is 228 g/mol. The van der Waals surface area contributed by atoms with Gasteiger partial charge < -0.3 is 4.74 Å². The van der Waals surface area contributed by atoms with Gasteiger partial charge in [0.1, 0.15) is 0 Å². The predicted octanol–water partition coefficient (Wildman–Crippen LogP) is 1.88. The summed E-state index contributed by atoms with van der Waals surface area (Å²) in [6.45, 7) is 0. The molecule has 0 spiro atoms. The zero-order valence-electron chi connectivity index (χ0n) is 9.64. The van der Waals surface area contributed by atoms with Crippen molar-refractivity contribution in [2.45, 2.75) is 6.42 Å². The highest BCUT2D eigenvalue weighted by Gasteiger charge is 2.06. The van der Waals surface area contributed by atoms with Gasteiger partial charge in [0.25, 0.3) is 0 Å². The van der Waals surface area contributed by atoms with E-state index in [1.54, 1.807) is 12.1 Å². The molecule has 3 heteroatoms. The van der Waals surface area contributed by atoms with Gasteiger partial charge in [0.05, 0.1) is 19.1 Å². The standard InChI is InChI=1S/C14H13NO2/c1-17-14(16)12-7-5-11(6-8-12)10-13-4-2-3-9-15-13/h2-9H,10H2,1H3/p+1. The van der Waals surface area contributed by atoms with Crippen LogP contribution in [-0.2, 0) is 11.2 Å². The Labute approximate surface area is 100 Å². The maximum Gasteiger partial charge on any atom is 0.337 e. The number of ether oxygens (including phenoxy) is 1. The number of benzene rings is 1. The van der Waals surface area contributed by atoms with Gasteiger partial charge in [0, 0.05) is 12.1 Å². The molecule has 17 heavy (non-hydrogen) atoms. The van der Waals surface area contributed by atoms with Crippen LogP contribution in [0.2, 0.25) is 0 Å². The third kappa shape index (κ3) is 2.91. The van der Waals surface area contributed by atoms with Gasteiger partial charge in [-0.05, 0) is 17.7 Å². The first-order chi connectivity index (χ1) is 8.29. The number of aromatic amines is 1. The van der Waals surface area contributed by atoms with E-state index >= 15 is 0 Å². The average Bonchev–Trinajstić information content (AvgIpc) is 2.40. The lowest BCUT2D eigenvalue weighted by atomic mass is 10.1. The van der Waals surface area contributed by atoms with Crippen LogP contribution in [0.15, 0.2) is 48.7 Å². The van der Waals surface area contributed by atoms with Gasteiger partial charge in [-0.1, -0.05) is 18.2 Å². The molecule has 0 fully saturated rings. The first-order valence-electron chi connectivity index (χ1n) is 5.42. The molecule has 0 aliphatic carbocycles. The second-order valence-electron chi connectivity index (χ2n) is 3.75. The second kappa shape index (κ2) is 5.25. The minimum absolute atomic E-state index is 0.303. The molecule has 0 aliphatic heterocycles. The maximum atomic E-state index is 11.3. The van der Waals surface area contributed by atoms with Crippen LogP contribution in [0.25, 0.3) is 0 Å². The number of H-pyrrole nitrogens is 1. The van der Waals surface area contributed by atoms with Crippen molar-refractivity contribution in [2.24, 2.45) is 0 Å². The predicted molar refractivity (Wildman–Crippen MR) is 63.6 cm³/mol. The van der Waals surface area contributed by atoms with Gasteiger partial charge in [-0.25, -0.2) is 9.78 Å². The Morgan fingerprint density at radius 2 is 1.94 bits per heavy atom. The third-order valence-corrected chi connectivity index (χ3v) is 2.54. The summed E-state index contributed by atoms with van der Waals surface area (Å²) in [5.74, 6) is -0.303. The number of hydrogen-bond acceptors (Lipinski definition) is 2. The maximum absolute atomic E-state index is 11.3. The minimum atomic E-state index is -0.303. The highest BCUT2D eigenvalue weighted by Crippen LogP contribution is 2.08. The van der Waals surface area contributed by atoms with Crippen LogP contribution in [-0.4, -0.2) is 13.1 Å². The highest BCUT2D eigenvalue weighted by atomic mass is 16.5. The molecule has 2 rings (SSSR count). The van der Waals surface area contributed by atoms with Crippen LogP contribution in [0.1, 0.15) is 21.6 Å². The molecule has 0 unspecified atom stereocenters. The van der Waals surface area contributed by atoms with Crippen molar-refractivity contribution in [1.29, 1.82) is 0 Å². The fourth-order valence-electron chi connectivity index (χ4n) is 1.64.